The van der Waals surface area contributed by atoms with E-state index < -0.39 is 0 Å². The molecular formula is C27H39O2. The normalized spacial score (nSPS) is 12.2. The molecule has 0 amide bonds. The SMILES string of the molecule is C[C](C)c1ccccc1CCOCC(CC(C)C)(CC(C)C)Oc1ccccc1. The summed E-state index contributed by atoms with van der Waals surface area (Å²) >= 11 is 0. The Hall–Kier alpha value is -1.80. The summed E-state index contributed by atoms with van der Waals surface area (Å²) in [7, 11) is 0. The molecule has 2 heteroatoms. The van der Waals surface area contributed by atoms with E-state index in [1.807, 2.05) is 30.3 Å². The van der Waals surface area contributed by atoms with Crippen LogP contribution >= 0.6 is 0 Å². The van der Waals surface area contributed by atoms with Gasteiger partial charge in [-0.3, -0.25) is 0 Å². The second-order valence-corrected chi connectivity index (χ2v) is 9.25. The van der Waals surface area contributed by atoms with Crippen LogP contribution in [0, 0.1) is 17.8 Å². The highest BCUT2D eigenvalue weighted by molar-refractivity contribution is 5.36. The van der Waals surface area contributed by atoms with E-state index in [9.17, 15) is 0 Å². The van der Waals surface area contributed by atoms with Gasteiger partial charge < -0.3 is 9.47 Å². The van der Waals surface area contributed by atoms with Crippen molar-refractivity contribution in [1.29, 1.82) is 0 Å². The number of para-hydroxylation sites is 1. The number of benzene rings is 2. The van der Waals surface area contributed by atoms with Crippen LogP contribution in [0.15, 0.2) is 54.6 Å². The molecule has 2 aromatic rings. The maximum atomic E-state index is 6.61. The summed E-state index contributed by atoms with van der Waals surface area (Å²) in [4.78, 5) is 0. The summed E-state index contributed by atoms with van der Waals surface area (Å²) in [6, 6.07) is 18.8. The predicted octanol–water partition coefficient (Wildman–Crippen LogP) is 7.12. The monoisotopic (exact) mass is 395 g/mol. The Morgan fingerprint density at radius 1 is 0.828 bits per heavy atom. The average molecular weight is 396 g/mol. The van der Waals surface area contributed by atoms with E-state index in [0.29, 0.717) is 25.0 Å². The zero-order chi connectivity index (χ0) is 21.3. The highest BCUT2D eigenvalue weighted by Crippen LogP contribution is 2.31. The van der Waals surface area contributed by atoms with Crippen molar-refractivity contribution < 1.29 is 9.47 Å². The van der Waals surface area contributed by atoms with Gasteiger partial charge >= 0.3 is 0 Å². The topological polar surface area (TPSA) is 18.5 Å². The van der Waals surface area contributed by atoms with Crippen LogP contribution < -0.4 is 4.74 Å². The van der Waals surface area contributed by atoms with E-state index in [1.165, 1.54) is 17.0 Å². The smallest absolute Gasteiger partial charge is 0.133 e. The first-order valence-electron chi connectivity index (χ1n) is 11.0. The summed E-state index contributed by atoms with van der Waals surface area (Å²) in [5, 5.41) is 0. The molecule has 0 aliphatic carbocycles. The maximum Gasteiger partial charge on any atom is 0.133 e. The molecule has 2 nitrogen and oxygen atoms in total. The molecule has 0 aliphatic heterocycles. The molecule has 0 saturated carbocycles. The van der Waals surface area contributed by atoms with Crippen molar-refractivity contribution in [3.63, 3.8) is 0 Å². The zero-order valence-corrected chi connectivity index (χ0v) is 19.2. The van der Waals surface area contributed by atoms with E-state index in [2.05, 4.69) is 65.8 Å². The van der Waals surface area contributed by atoms with Gasteiger partial charge in [0.1, 0.15) is 11.4 Å². The van der Waals surface area contributed by atoms with Crippen molar-refractivity contribution in [1.82, 2.24) is 0 Å². The van der Waals surface area contributed by atoms with Gasteiger partial charge in [0.2, 0.25) is 0 Å². The van der Waals surface area contributed by atoms with E-state index >= 15 is 0 Å². The van der Waals surface area contributed by atoms with Gasteiger partial charge in [0.05, 0.1) is 13.2 Å². The van der Waals surface area contributed by atoms with Gasteiger partial charge in [-0.25, -0.2) is 0 Å². The van der Waals surface area contributed by atoms with Crippen LogP contribution in [0.3, 0.4) is 0 Å². The van der Waals surface area contributed by atoms with Gasteiger partial charge in [-0.2, -0.15) is 0 Å². The lowest BCUT2D eigenvalue weighted by Crippen LogP contribution is -2.44. The number of rotatable bonds is 12. The Morgan fingerprint density at radius 3 is 2.00 bits per heavy atom. The Balaban J connectivity index is 2.08. The molecule has 0 atom stereocenters. The third-order valence-corrected chi connectivity index (χ3v) is 5.07. The van der Waals surface area contributed by atoms with Gasteiger partial charge in [-0.05, 0) is 60.3 Å². The molecule has 159 valence electrons. The first-order valence-corrected chi connectivity index (χ1v) is 11.0. The second kappa shape index (κ2) is 11.4. The molecule has 0 bridgehead atoms. The lowest BCUT2D eigenvalue weighted by molar-refractivity contribution is -0.0515. The van der Waals surface area contributed by atoms with Crippen LogP contribution in [0.25, 0.3) is 0 Å². The molecule has 0 saturated heterocycles. The summed E-state index contributed by atoms with van der Waals surface area (Å²) < 4.78 is 12.9. The number of ether oxygens (including phenoxy) is 2. The van der Waals surface area contributed by atoms with E-state index in [1.54, 1.807) is 0 Å². The molecule has 29 heavy (non-hydrogen) atoms. The highest BCUT2D eigenvalue weighted by Gasteiger charge is 2.34. The summed E-state index contributed by atoms with van der Waals surface area (Å²) in [6.07, 6.45) is 2.89. The Labute approximate surface area is 178 Å². The first kappa shape index (κ1) is 23.5. The minimum absolute atomic E-state index is 0.296. The van der Waals surface area contributed by atoms with Crippen molar-refractivity contribution in [2.45, 2.75) is 66.4 Å². The largest absolute Gasteiger partial charge is 0.485 e. The van der Waals surface area contributed by atoms with Crippen LogP contribution in [0.5, 0.6) is 5.75 Å². The van der Waals surface area contributed by atoms with Crippen molar-refractivity contribution >= 4 is 0 Å². The van der Waals surface area contributed by atoms with Crippen LogP contribution in [-0.2, 0) is 11.2 Å². The van der Waals surface area contributed by atoms with Gasteiger partial charge in [0.25, 0.3) is 0 Å². The van der Waals surface area contributed by atoms with Gasteiger partial charge in [-0.1, -0.05) is 84.0 Å². The quantitative estimate of drug-likeness (QED) is 0.356. The first-order chi connectivity index (χ1) is 13.8. The second-order valence-electron chi connectivity index (χ2n) is 9.25. The molecule has 0 unspecified atom stereocenters. The van der Waals surface area contributed by atoms with Crippen LogP contribution in [0.4, 0.5) is 0 Å². The third kappa shape index (κ3) is 7.85. The molecular weight excluding hydrogens is 356 g/mol. The molecule has 0 aromatic heterocycles. The highest BCUT2D eigenvalue weighted by atomic mass is 16.5. The van der Waals surface area contributed by atoms with Gasteiger partial charge in [-0.15, -0.1) is 0 Å². The fourth-order valence-corrected chi connectivity index (χ4v) is 4.21. The molecule has 0 heterocycles. The minimum Gasteiger partial charge on any atom is -0.485 e. The standard InChI is InChI=1S/C27H39O2/c1-21(2)18-27(19-22(3)4,29-25-13-8-7-9-14-25)20-28-17-16-24-12-10-11-15-26(24)23(5)6/h7-15,21-22H,16-20H2,1-6H3. The van der Waals surface area contributed by atoms with Crippen molar-refractivity contribution in [3.8, 4) is 5.75 Å². The van der Waals surface area contributed by atoms with Gasteiger partial charge in [0.15, 0.2) is 0 Å². The fourth-order valence-electron chi connectivity index (χ4n) is 4.21. The number of hydrogen-bond donors (Lipinski definition) is 0. The van der Waals surface area contributed by atoms with E-state index in [0.717, 1.165) is 25.0 Å². The Morgan fingerprint density at radius 2 is 1.41 bits per heavy atom. The number of hydrogen-bond acceptors (Lipinski definition) is 2. The van der Waals surface area contributed by atoms with E-state index in [-0.39, 0.29) is 5.60 Å². The minimum atomic E-state index is -0.296. The zero-order valence-electron chi connectivity index (χ0n) is 19.2. The molecule has 1 radical (unpaired) electrons. The fraction of sp³-hybridized carbons (Fsp3) is 0.519. The maximum absolute atomic E-state index is 6.61. The van der Waals surface area contributed by atoms with Crippen LogP contribution in [0.2, 0.25) is 0 Å². The van der Waals surface area contributed by atoms with Gasteiger partial charge in [0, 0.05) is 0 Å². The van der Waals surface area contributed by atoms with E-state index in [4.69, 9.17) is 9.47 Å². The predicted molar refractivity (Wildman–Crippen MR) is 123 cm³/mol. The molecule has 2 aromatic carbocycles. The Kier molecular flexibility index (Phi) is 9.23. The van der Waals surface area contributed by atoms with Crippen molar-refractivity contribution in [3.05, 3.63) is 71.6 Å². The summed E-state index contributed by atoms with van der Waals surface area (Å²) in [5.41, 5.74) is 2.40. The molecule has 0 N–H and O–H groups in total. The molecule has 0 fully saturated rings. The molecule has 2 rings (SSSR count). The van der Waals surface area contributed by atoms with Crippen molar-refractivity contribution in [2.24, 2.45) is 11.8 Å². The van der Waals surface area contributed by atoms with Crippen LogP contribution in [-0.4, -0.2) is 18.8 Å². The summed E-state index contributed by atoms with van der Waals surface area (Å²) in [5.74, 6) is 3.36. The van der Waals surface area contributed by atoms with Crippen LogP contribution in [0.1, 0.15) is 65.5 Å². The molecule has 0 aliphatic rings. The average Bonchev–Trinajstić information content (AvgIpc) is 2.65. The lowest BCUT2D eigenvalue weighted by Gasteiger charge is -2.37. The lowest BCUT2D eigenvalue weighted by atomic mass is 9.85. The Bertz CT molecular complexity index is 693. The molecule has 0 spiro atoms. The summed E-state index contributed by atoms with van der Waals surface area (Å²) in [6.45, 7) is 14.7. The third-order valence-electron chi connectivity index (χ3n) is 5.07. The van der Waals surface area contributed by atoms with Crippen molar-refractivity contribution in [2.75, 3.05) is 13.2 Å².